The summed E-state index contributed by atoms with van der Waals surface area (Å²) in [7, 11) is 1.30. The molecule has 0 fully saturated rings. The largest absolute Gasteiger partial charge is 0.465 e. The summed E-state index contributed by atoms with van der Waals surface area (Å²) in [5, 5.41) is 13.3. The molecule has 0 aliphatic rings. The number of nitrogens with zero attached hydrogens (tertiary/aromatic N) is 3. The average Bonchev–Trinajstić information content (AvgIpc) is 3.10. The number of methoxy groups -OCH3 is 1. The van der Waals surface area contributed by atoms with E-state index in [0.29, 0.717) is 22.6 Å². The van der Waals surface area contributed by atoms with Crippen LogP contribution in [0.15, 0.2) is 46.9 Å². The molecule has 0 aliphatic heterocycles. The molecule has 0 saturated heterocycles. The quantitative estimate of drug-likeness (QED) is 0.517. The molecule has 0 radical (unpaired) electrons. The van der Waals surface area contributed by atoms with E-state index in [2.05, 4.69) is 41.6 Å². The number of aromatic nitrogens is 3. The number of hydrogen-bond donors (Lipinski definition) is 2. The zero-order valence-electron chi connectivity index (χ0n) is 17.1. The second-order valence-electron chi connectivity index (χ2n) is 6.72. The number of amides is 2. The fraction of sp³-hybridized carbons (Fsp3) is 0.190. The van der Waals surface area contributed by atoms with Crippen LogP contribution >= 0.6 is 15.9 Å². The molecule has 1 heterocycles. The minimum absolute atomic E-state index is 0.123. The SMILES string of the molecule is COC(=O)c1ccc(NC(=O)Cn2nnc(C(=O)Nc3ccc(Br)c(C)c3)c2C)cc1. The Morgan fingerprint density at radius 3 is 2.35 bits per heavy atom. The number of hydrogen-bond acceptors (Lipinski definition) is 6. The van der Waals surface area contributed by atoms with E-state index < -0.39 is 11.9 Å². The molecule has 2 aromatic carbocycles. The molecule has 3 rings (SSSR count). The van der Waals surface area contributed by atoms with Crippen molar-refractivity contribution < 1.29 is 19.1 Å². The van der Waals surface area contributed by atoms with E-state index in [1.165, 1.54) is 11.8 Å². The Morgan fingerprint density at radius 1 is 1.03 bits per heavy atom. The lowest BCUT2D eigenvalue weighted by molar-refractivity contribution is -0.117. The average molecular weight is 486 g/mol. The van der Waals surface area contributed by atoms with Crippen LogP contribution in [0, 0.1) is 13.8 Å². The molecule has 0 spiro atoms. The van der Waals surface area contributed by atoms with Crippen molar-refractivity contribution in [2.24, 2.45) is 0 Å². The molecule has 0 aliphatic carbocycles. The highest BCUT2D eigenvalue weighted by Crippen LogP contribution is 2.20. The first-order valence-corrected chi connectivity index (χ1v) is 10.0. The van der Waals surface area contributed by atoms with Crippen molar-refractivity contribution in [3.8, 4) is 0 Å². The predicted octanol–water partition coefficient (Wildman–Crippen LogP) is 3.34. The van der Waals surface area contributed by atoms with Gasteiger partial charge in [0, 0.05) is 15.8 Å². The number of nitrogens with one attached hydrogen (secondary N) is 2. The van der Waals surface area contributed by atoms with Crippen LogP contribution in [-0.4, -0.2) is 39.9 Å². The fourth-order valence-electron chi connectivity index (χ4n) is 2.78. The molecule has 3 aromatic rings. The Labute approximate surface area is 186 Å². The summed E-state index contributed by atoms with van der Waals surface area (Å²) in [5.41, 5.74) is 3.10. The number of aryl methyl sites for hydroxylation is 1. The molecule has 10 heteroatoms. The van der Waals surface area contributed by atoms with E-state index in [9.17, 15) is 14.4 Å². The predicted molar refractivity (Wildman–Crippen MR) is 118 cm³/mol. The molecule has 0 saturated carbocycles. The second-order valence-corrected chi connectivity index (χ2v) is 7.57. The maximum Gasteiger partial charge on any atom is 0.337 e. The standard InChI is InChI=1S/C21H20BrN5O4/c1-12-10-16(8-9-17(12)22)24-20(29)19-13(2)27(26-25-19)11-18(28)23-15-6-4-14(5-7-15)21(30)31-3/h4-10H,11H2,1-3H3,(H,23,28)(H,24,29). The first-order valence-electron chi connectivity index (χ1n) is 9.24. The maximum absolute atomic E-state index is 12.6. The normalized spacial score (nSPS) is 10.5. The van der Waals surface area contributed by atoms with E-state index in [1.807, 2.05) is 19.1 Å². The zero-order chi connectivity index (χ0) is 22.5. The molecule has 2 amide bonds. The zero-order valence-corrected chi connectivity index (χ0v) is 18.7. The van der Waals surface area contributed by atoms with Crippen molar-refractivity contribution in [3.05, 3.63) is 69.5 Å². The minimum atomic E-state index is -0.458. The highest BCUT2D eigenvalue weighted by Gasteiger charge is 2.18. The Kier molecular flexibility index (Phi) is 6.81. The number of benzene rings is 2. The monoisotopic (exact) mass is 485 g/mol. The van der Waals surface area contributed by atoms with Gasteiger partial charge in [-0.15, -0.1) is 5.10 Å². The molecule has 0 atom stereocenters. The summed E-state index contributed by atoms with van der Waals surface area (Å²) in [5.74, 6) is -1.22. The third-order valence-electron chi connectivity index (χ3n) is 4.50. The fourth-order valence-corrected chi connectivity index (χ4v) is 3.02. The topological polar surface area (TPSA) is 115 Å². The number of anilines is 2. The molecule has 0 unspecified atom stereocenters. The third-order valence-corrected chi connectivity index (χ3v) is 5.39. The van der Waals surface area contributed by atoms with Gasteiger partial charge in [-0.3, -0.25) is 9.59 Å². The van der Waals surface area contributed by atoms with Gasteiger partial charge in [-0.1, -0.05) is 21.1 Å². The maximum atomic E-state index is 12.6. The molecular formula is C21H20BrN5O4. The molecule has 0 bridgehead atoms. The molecule has 9 nitrogen and oxygen atoms in total. The van der Waals surface area contributed by atoms with E-state index in [-0.39, 0.29) is 18.1 Å². The van der Waals surface area contributed by atoms with Crippen LogP contribution in [0.3, 0.4) is 0 Å². The lowest BCUT2D eigenvalue weighted by atomic mass is 10.2. The third kappa shape index (κ3) is 5.34. The molecule has 1 aromatic heterocycles. The number of esters is 1. The highest BCUT2D eigenvalue weighted by atomic mass is 79.9. The van der Waals surface area contributed by atoms with Gasteiger partial charge in [0.15, 0.2) is 5.69 Å². The summed E-state index contributed by atoms with van der Waals surface area (Å²) >= 11 is 3.42. The van der Waals surface area contributed by atoms with Gasteiger partial charge in [0.1, 0.15) is 6.54 Å². The second kappa shape index (κ2) is 9.52. The van der Waals surface area contributed by atoms with Crippen LogP contribution in [-0.2, 0) is 16.1 Å². The smallest absolute Gasteiger partial charge is 0.337 e. The molecule has 160 valence electrons. The van der Waals surface area contributed by atoms with Crippen LogP contribution in [0.5, 0.6) is 0 Å². The van der Waals surface area contributed by atoms with Gasteiger partial charge in [0.25, 0.3) is 5.91 Å². The Morgan fingerprint density at radius 2 is 1.71 bits per heavy atom. The highest BCUT2D eigenvalue weighted by molar-refractivity contribution is 9.10. The Bertz CT molecular complexity index is 1140. The van der Waals surface area contributed by atoms with Crippen molar-refractivity contribution in [1.82, 2.24) is 15.0 Å². The number of ether oxygens (including phenoxy) is 1. The van der Waals surface area contributed by atoms with E-state index in [0.717, 1.165) is 10.0 Å². The van der Waals surface area contributed by atoms with Crippen LogP contribution in [0.25, 0.3) is 0 Å². The van der Waals surface area contributed by atoms with Crippen LogP contribution < -0.4 is 10.6 Å². The molecule has 31 heavy (non-hydrogen) atoms. The van der Waals surface area contributed by atoms with Crippen molar-refractivity contribution in [1.29, 1.82) is 0 Å². The number of rotatable bonds is 6. The number of carbonyl (C=O) groups is 3. The van der Waals surface area contributed by atoms with Gasteiger partial charge in [0.05, 0.1) is 18.4 Å². The Hall–Kier alpha value is -3.53. The van der Waals surface area contributed by atoms with Gasteiger partial charge in [-0.2, -0.15) is 0 Å². The van der Waals surface area contributed by atoms with Crippen molar-refractivity contribution >= 4 is 45.1 Å². The van der Waals surface area contributed by atoms with Gasteiger partial charge in [-0.25, -0.2) is 9.48 Å². The first kappa shape index (κ1) is 22.2. The van der Waals surface area contributed by atoms with Crippen LogP contribution in [0.1, 0.15) is 32.1 Å². The number of carbonyl (C=O) groups excluding carboxylic acids is 3. The number of halogens is 1. The summed E-state index contributed by atoms with van der Waals surface area (Å²) in [6.07, 6.45) is 0. The lowest BCUT2D eigenvalue weighted by Gasteiger charge is -2.08. The first-order chi connectivity index (χ1) is 14.8. The van der Waals surface area contributed by atoms with Gasteiger partial charge >= 0.3 is 5.97 Å². The van der Waals surface area contributed by atoms with Crippen LogP contribution in [0.4, 0.5) is 11.4 Å². The lowest BCUT2D eigenvalue weighted by Crippen LogP contribution is -2.21. The van der Waals surface area contributed by atoms with E-state index in [1.54, 1.807) is 37.3 Å². The summed E-state index contributed by atoms with van der Waals surface area (Å²) in [6.45, 7) is 3.46. The van der Waals surface area contributed by atoms with Gasteiger partial charge in [-0.05, 0) is 61.9 Å². The van der Waals surface area contributed by atoms with E-state index in [4.69, 9.17) is 0 Å². The molecular weight excluding hydrogens is 466 g/mol. The van der Waals surface area contributed by atoms with Crippen molar-refractivity contribution in [2.45, 2.75) is 20.4 Å². The van der Waals surface area contributed by atoms with Crippen molar-refractivity contribution in [3.63, 3.8) is 0 Å². The summed E-state index contributed by atoms with van der Waals surface area (Å²) in [4.78, 5) is 36.4. The van der Waals surface area contributed by atoms with E-state index >= 15 is 0 Å². The van der Waals surface area contributed by atoms with Gasteiger partial charge < -0.3 is 15.4 Å². The molecule has 2 N–H and O–H groups in total. The van der Waals surface area contributed by atoms with Crippen LogP contribution in [0.2, 0.25) is 0 Å². The minimum Gasteiger partial charge on any atom is -0.465 e. The van der Waals surface area contributed by atoms with Crippen molar-refractivity contribution in [2.75, 3.05) is 17.7 Å². The summed E-state index contributed by atoms with van der Waals surface area (Å²) < 4.78 is 6.93. The van der Waals surface area contributed by atoms with Gasteiger partial charge in [0.2, 0.25) is 5.91 Å². The summed E-state index contributed by atoms with van der Waals surface area (Å²) in [6, 6.07) is 11.7. The Balaban J connectivity index is 1.64.